The van der Waals surface area contributed by atoms with Crippen molar-refractivity contribution in [2.75, 3.05) is 7.05 Å². The van der Waals surface area contributed by atoms with Gasteiger partial charge in [0.1, 0.15) is 5.82 Å². The number of halogens is 1. The first-order valence-electron chi connectivity index (χ1n) is 8.34. The number of hydrogen-bond acceptors (Lipinski definition) is 2. The molecule has 4 rings (SSSR count). The van der Waals surface area contributed by atoms with Crippen molar-refractivity contribution in [3.63, 3.8) is 0 Å². The molecule has 0 radical (unpaired) electrons. The Hall–Kier alpha value is -2.93. The number of likely N-dealkylation sites (tertiary alicyclic amines) is 1. The van der Waals surface area contributed by atoms with Crippen molar-refractivity contribution in [2.24, 2.45) is 5.92 Å². The summed E-state index contributed by atoms with van der Waals surface area (Å²) in [4.78, 5) is 18.8. The minimum absolute atomic E-state index is 0.113. The summed E-state index contributed by atoms with van der Waals surface area (Å²) in [5.41, 5.74) is 3.29. The zero-order valence-corrected chi connectivity index (χ0v) is 13.9. The van der Waals surface area contributed by atoms with Gasteiger partial charge in [0.25, 0.3) is 0 Å². The third kappa shape index (κ3) is 2.83. The monoisotopic (exact) mass is 332 g/mol. The maximum absolute atomic E-state index is 13.2. The molecule has 1 aliphatic heterocycles. The Morgan fingerprint density at radius 1 is 1.20 bits per heavy atom. The lowest BCUT2D eigenvalue weighted by Crippen LogP contribution is -2.22. The van der Waals surface area contributed by atoms with Gasteiger partial charge in [-0.3, -0.25) is 9.78 Å². The molecule has 0 bridgehead atoms. The van der Waals surface area contributed by atoms with Crippen molar-refractivity contribution in [2.45, 2.75) is 18.8 Å². The Labute approximate surface area is 146 Å². The quantitative estimate of drug-likeness (QED) is 0.749. The number of amides is 1. The second-order valence-electron chi connectivity index (χ2n) is 6.42. The highest BCUT2D eigenvalue weighted by Gasteiger charge is 2.45. The predicted molar refractivity (Wildman–Crippen MR) is 92.9 cm³/mol. The Morgan fingerprint density at radius 3 is 2.80 bits per heavy atom. The Bertz CT molecular complexity index is 921. The van der Waals surface area contributed by atoms with E-state index < -0.39 is 0 Å². The van der Waals surface area contributed by atoms with Crippen LogP contribution in [0.3, 0.4) is 0 Å². The van der Waals surface area contributed by atoms with Crippen LogP contribution in [0.1, 0.15) is 35.6 Å². The van der Waals surface area contributed by atoms with E-state index in [-0.39, 0.29) is 23.6 Å². The molecule has 0 saturated carbocycles. The fourth-order valence-electron chi connectivity index (χ4n) is 3.65. The number of carbonyl (C=O) groups excluding carboxylic acids is 1. The molecule has 2 heterocycles. The number of pyridine rings is 1. The minimum atomic E-state index is -0.301. The van der Waals surface area contributed by atoms with Crippen molar-refractivity contribution in [1.82, 2.24) is 9.88 Å². The number of nitrogens with zero attached hydrogens (tertiary/aromatic N) is 2. The molecule has 2 aromatic rings. The molecule has 2 atom stereocenters. The predicted octanol–water partition coefficient (Wildman–Crippen LogP) is 3.47. The molecule has 4 heteroatoms. The zero-order valence-electron chi connectivity index (χ0n) is 13.9. The zero-order chi connectivity index (χ0) is 17.4. The highest BCUT2D eigenvalue weighted by Crippen LogP contribution is 2.45. The van der Waals surface area contributed by atoms with Gasteiger partial charge in [-0.2, -0.15) is 0 Å². The molecule has 25 heavy (non-hydrogen) atoms. The summed E-state index contributed by atoms with van der Waals surface area (Å²) in [5.74, 6) is 5.78. The van der Waals surface area contributed by atoms with Crippen LogP contribution in [-0.4, -0.2) is 22.8 Å². The Morgan fingerprint density at radius 2 is 2.04 bits per heavy atom. The van der Waals surface area contributed by atoms with Crippen molar-refractivity contribution in [3.05, 3.63) is 77.0 Å². The molecule has 1 aromatic carbocycles. The molecule has 2 unspecified atom stereocenters. The minimum Gasteiger partial charge on any atom is -0.319 e. The average molecular weight is 332 g/mol. The molecule has 3 nitrogen and oxygen atoms in total. The number of benzene rings is 1. The summed E-state index contributed by atoms with van der Waals surface area (Å²) in [6, 6.07) is 9.94. The fourth-order valence-corrected chi connectivity index (χ4v) is 3.65. The van der Waals surface area contributed by atoms with E-state index in [4.69, 9.17) is 0 Å². The van der Waals surface area contributed by atoms with Gasteiger partial charge in [-0.15, -0.1) is 0 Å². The molecular weight excluding hydrogens is 315 g/mol. The first kappa shape index (κ1) is 15.6. The number of fused-ring (bicyclic) bond motifs is 1. The highest BCUT2D eigenvalue weighted by molar-refractivity contribution is 5.89. The molecule has 2 aliphatic rings. The lowest BCUT2D eigenvalue weighted by atomic mass is 9.90. The van der Waals surface area contributed by atoms with E-state index >= 15 is 0 Å². The molecule has 0 spiro atoms. The summed E-state index contributed by atoms with van der Waals surface area (Å²) >= 11 is 0. The summed E-state index contributed by atoms with van der Waals surface area (Å²) in [6.45, 7) is 0. The van der Waals surface area contributed by atoms with E-state index in [2.05, 4.69) is 22.9 Å². The summed E-state index contributed by atoms with van der Waals surface area (Å²) in [5, 5.41) is 0. The van der Waals surface area contributed by atoms with Crippen LogP contribution in [-0.2, 0) is 4.79 Å². The molecule has 1 amide bonds. The maximum atomic E-state index is 13.2. The molecule has 0 N–H and O–H groups in total. The van der Waals surface area contributed by atoms with E-state index in [1.807, 2.05) is 19.2 Å². The molecule has 124 valence electrons. The largest absolute Gasteiger partial charge is 0.319 e. The first-order chi connectivity index (χ1) is 12.1. The van der Waals surface area contributed by atoms with Gasteiger partial charge in [-0.1, -0.05) is 24.0 Å². The summed E-state index contributed by atoms with van der Waals surface area (Å²) in [7, 11) is 1.84. The van der Waals surface area contributed by atoms with Crippen molar-refractivity contribution in [1.29, 1.82) is 0 Å². The van der Waals surface area contributed by atoms with Crippen LogP contribution in [0.15, 0.2) is 54.4 Å². The van der Waals surface area contributed by atoms with Gasteiger partial charge >= 0.3 is 0 Å². The van der Waals surface area contributed by atoms with Gasteiger partial charge in [0.15, 0.2) is 0 Å². The first-order valence-corrected chi connectivity index (χ1v) is 8.34. The Kier molecular flexibility index (Phi) is 3.85. The van der Waals surface area contributed by atoms with Crippen molar-refractivity contribution >= 4 is 5.91 Å². The van der Waals surface area contributed by atoms with Crippen LogP contribution in [0.25, 0.3) is 0 Å². The topological polar surface area (TPSA) is 33.2 Å². The number of allylic oxidation sites excluding steroid dienone is 2. The average Bonchev–Trinajstić information content (AvgIpc) is 3.17. The van der Waals surface area contributed by atoms with Crippen LogP contribution in [0.5, 0.6) is 0 Å². The van der Waals surface area contributed by atoms with Crippen molar-refractivity contribution < 1.29 is 9.18 Å². The van der Waals surface area contributed by atoms with Gasteiger partial charge in [0.2, 0.25) is 5.91 Å². The number of hydrogen-bond donors (Lipinski definition) is 0. The van der Waals surface area contributed by atoms with Crippen LogP contribution >= 0.6 is 0 Å². The normalized spacial score (nSPS) is 21.6. The van der Waals surface area contributed by atoms with E-state index in [9.17, 15) is 9.18 Å². The van der Waals surface area contributed by atoms with Crippen molar-refractivity contribution in [3.8, 4) is 11.8 Å². The number of carbonyl (C=O) groups is 1. The third-order valence-electron chi connectivity index (χ3n) is 4.88. The second kappa shape index (κ2) is 6.18. The van der Waals surface area contributed by atoms with Gasteiger partial charge in [0, 0.05) is 36.0 Å². The second-order valence-corrected chi connectivity index (χ2v) is 6.42. The number of rotatable bonds is 1. The van der Waals surface area contributed by atoms with E-state index in [1.54, 1.807) is 23.2 Å². The van der Waals surface area contributed by atoms with Crippen LogP contribution in [0, 0.1) is 23.6 Å². The highest BCUT2D eigenvalue weighted by atomic mass is 19.1. The van der Waals surface area contributed by atoms with Crippen LogP contribution in [0.4, 0.5) is 4.39 Å². The molecule has 1 fully saturated rings. The van der Waals surface area contributed by atoms with Gasteiger partial charge < -0.3 is 4.90 Å². The van der Waals surface area contributed by atoms with Gasteiger partial charge in [-0.25, -0.2) is 4.39 Å². The Balaban J connectivity index is 1.57. The standard InChI is InChI=1S/C21H17FN2O/c1-24-19-7-3-6-17(19)20(21(24)25)18-11-10-15(13-23-18)9-8-14-4-2-5-16(22)12-14/h2,4-5,7,10-13,17,20H,3,6H2,1H3. The van der Waals surface area contributed by atoms with Gasteiger partial charge in [0.05, 0.1) is 11.6 Å². The van der Waals surface area contributed by atoms with Crippen LogP contribution in [0.2, 0.25) is 0 Å². The smallest absolute Gasteiger partial charge is 0.236 e. The van der Waals surface area contributed by atoms with E-state index in [1.165, 1.54) is 12.1 Å². The molecular formula is C21H17FN2O. The summed E-state index contributed by atoms with van der Waals surface area (Å²) < 4.78 is 13.2. The molecule has 1 saturated heterocycles. The maximum Gasteiger partial charge on any atom is 0.236 e. The summed E-state index contributed by atoms with van der Waals surface area (Å²) in [6.07, 6.45) is 5.86. The number of aromatic nitrogens is 1. The van der Waals surface area contributed by atoms with Crippen LogP contribution < -0.4 is 0 Å². The molecule has 1 aromatic heterocycles. The fraction of sp³-hybridized carbons (Fsp3) is 0.238. The van der Waals surface area contributed by atoms with E-state index in [0.717, 1.165) is 29.8 Å². The molecule has 1 aliphatic carbocycles. The lowest BCUT2D eigenvalue weighted by Gasteiger charge is -2.13. The van der Waals surface area contributed by atoms with Gasteiger partial charge in [-0.05, 0) is 43.2 Å². The third-order valence-corrected chi connectivity index (χ3v) is 4.88. The number of likely N-dealkylation sites (N-methyl/N-ethyl adjacent to an activating group) is 1. The SMILES string of the molecule is CN1C(=O)C(c2ccc(C#Cc3cccc(F)c3)cn2)C2CCC=C21. The van der Waals surface area contributed by atoms with E-state index in [0.29, 0.717) is 5.56 Å². The lowest BCUT2D eigenvalue weighted by molar-refractivity contribution is -0.127.